The number of nitrogens with zero attached hydrogens (tertiary/aromatic N) is 1. The molecule has 0 atom stereocenters. The van der Waals surface area contributed by atoms with E-state index < -0.39 is 0 Å². The van der Waals surface area contributed by atoms with Gasteiger partial charge in [-0.15, -0.1) is 0 Å². The summed E-state index contributed by atoms with van der Waals surface area (Å²) in [4.78, 5) is 4.97. The van der Waals surface area contributed by atoms with Crippen LogP contribution in [0.25, 0.3) is 11.3 Å². The van der Waals surface area contributed by atoms with Crippen LogP contribution in [0.1, 0.15) is 56.4 Å². The van der Waals surface area contributed by atoms with E-state index in [-0.39, 0.29) is 0 Å². The number of rotatable bonds is 7. The molecule has 0 saturated heterocycles. The number of benzene rings is 1. The van der Waals surface area contributed by atoms with Gasteiger partial charge in [0.1, 0.15) is 0 Å². The molecule has 2 aromatic rings. The lowest BCUT2D eigenvalue weighted by Crippen LogP contribution is -2.01. The van der Waals surface area contributed by atoms with Gasteiger partial charge in [0.2, 0.25) is 0 Å². The van der Waals surface area contributed by atoms with Crippen molar-refractivity contribution in [3.8, 4) is 11.3 Å². The van der Waals surface area contributed by atoms with Crippen LogP contribution in [0.3, 0.4) is 0 Å². The van der Waals surface area contributed by atoms with Crippen molar-refractivity contribution in [1.82, 2.24) is 4.98 Å². The molecule has 0 fully saturated rings. The maximum Gasteiger partial charge on any atom is 0.0739 e. The lowest BCUT2D eigenvalue weighted by atomic mass is 9.97. The minimum atomic E-state index is 1.04. The van der Waals surface area contributed by atoms with Crippen LogP contribution >= 0.6 is 0 Å². The Hall–Kier alpha value is -1.63. The normalized spacial score (nSPS) is 10.8. The van der Waals surface area contributed by atoms with Crippen LogP contribution in [0, 0.1) is 6.92 Å². The summed E-state index contributed by atoms with van der Waals surface area (Å²) in [5.41, 5.74) is 6.45. The lowest BCUT2D eigenvalue weighted by molar-refractivity contribution is 0.660. The molecule has 2 rings (SSSR count). The fourth-order valence-corrected chi connectivity index (χ4v) is 2.91. The smallest absolute Gasteiger partial charge is 0.0739 e. The maximum absolute atomic E-state index is 4.97. The molecular formula is C20H27N. The van der Waals surface area contributed by atoms with E-state index >= 15 is 0 Å². The SMILES string of the molecule is CCCCCCc1cc(C)c(CC)c(-c2ccccc2)n1. The Morgan fingerprint density at radius 1 is 0.952 bits per heavy atom. The van der Waals surface area contributed by atoms with Gasteiger partial charge in [-0.1, -0.05) is 63.4 Å². The van der Waals surface area contributed by atoms with Gasteiger partial charge in [-0.25, -0.2) is 0 Å². The highest BCUT2D eigenvalue weighted by Crippen LogP contribution is 2.26. The number of hydrogen-bond donors (Lipinski definition) is 0. The zero-order valence-electron chi connectivity index (χ0n) is 13.7. The fraction of sp³-hybridized carbons (Fsp3) is 0.450. The molecule has 0 aliphatic rings. The molecule has 0 radical (unpaired) electrons. The van der Waals surface area contributed by atoms with Gasteiger partial charge >= 0.3 is 0 Å². The van der Waals surface area contributed by atoms with E-state index in [2.05, 4.69) is 57.2 Å². The summed E-state index contributed by atoms with van der Waals surface area (Å²) in [6.07, 6.45) is 7.32. The van der Waals surface area contributed by atoms with Crippen molar-refractivity contribution in [2.45, 2.75) is 59.3 Å². The molecule has 0 amide bonds. The van der Waals surface area contributed by atoms with E-state index in [1.807, 2.05) is 0 Å². The van der Waals surface area contributed by atoms with Crippen LogP contribution in [0.5, 0.6) is 0 Å². The zero-order valence-corrected chi connectivity index (χ0v) is 13.7. The second-order valence-corrected chi connectivity index (χ2v) is 5.79. The minimum absolute atomic E-state index is 1.04. The van der Waals surface area contributed by atoms with Gasteiger partial charge in [-0.2, -0.15) is 0 Å². The van der Waals surface area contributed by atoms with E-state index in [1.165, 1.54) is 53.8 Å². The summed E-state index contributed by atoms with van der Waals surface area (Å²) >= 11 is 0. The molecule has 0 aliphatic carbocycles. The number of unbranched alkanes of at least 4 members (excludes halogenated alkanes) is 3. The van der Waals surface area contributed by atoms with Gasteiger partial charge in [0.25, 0.3) is 0 Å². The molecule has 1 aromatic heterocycles. The van der Waals surface area contributed by atoms with Gasteiger partial charge in [0.05, 0.1) is 5.69 Å². The van der Waals surface area contributed by atoms with Crippen LogP contribution < -0.4 is 0 Å². The largest absolute Gasteiger partial charge is 0.253 e. The summed E-state index contributed by atoms with van der Waals surface area (Å²) in [6.45, 7) is 6.70. The van der Waals surface area contributed by atoms with E-state index in [9.17, 15) is 0 Å². The van der Waals surface area contributed by atoms with Crippen molar-refractivity contribution >= 4 is 0 Å². The average molecular weight is 281 g/mol. The first kappa shape index (κ1) is 15.8. The molecule has 1 heteroatoms. The van der Waals surface area contributed by atoms with Crippen LogP contribution in [-0.4, -0.2) is 4.98 Å². The van der Waals surface area contributed by atoms with Crippen molar-refractivity contribution in [2.24, 2.45) is 0 Å². The van der Waals surface area contributed by atoms with Gasteiger partial charge in [0, 0.05) is 11.3 Å². The number of pyridine rings is 1. The third-order valence-electron chi connectivity index (χ3n) is 4.09. The molecule has 0 spiro atoms. The standard InChI is InChI=1S/C20H27N/c1-4-6-7-11-14-18-15-16(3)19(5-2)20(21-18)17-12-9-8-10-13-17/h8-10,12-13,15H,4-7,11,14H2,1-3H3. The summed E-state index contributed by atoms with van der Waals surface area (Å²) in [6, 6.07) is 12.9. The predicted molar refractivity (Wildman–Crippen MR) is 91.6 cm³/mol. The van der Waals surface area contributed by atoms with Crippen molar-refractivity contribution < 1.29 is 0 Å². The quantitative estimate of drug-likeness (QED) is 0.589. The second kappa shape index (κ2) is 7.97. The van der Waals surface area contributed by atoms with Crippen LogP contribution in [0.4, 0.5) is 0 Å². The van der Waals surface area contributed by atoms with E-state index in [4.69, 9.17) is 4.98 Å². The molecule has 1 aromatic carbocycles. The van der Waals surface area contributed by atoms with Crippen molar-refractivity contribution in [1.29, 1.82) is 0 Å². The summed E-state index contributed by atoms with van der Waals surface area (Å²) < 4.78 is 0. The molecule has 112 valence electrons. The Bertz CT molecular complexity index is 558. The highest BCUT2D eigenvalue weighted by molar-refractivity contribution is 5.64. The highest BCUT2D eigenvalue weighted by Gasteiger charge is 2.10. The third-order valence-corrected chi connectivity index (χ3v) is 4.09. The van der Waals surface area contributed by atoms with Crippen LogP contribution in [0.15, 0.2) is 36.4 Å². The first-order valence-corrected chi connectivity index (χ1v) is 8.31. The first-order chi connectivity index (χ1) is 10.3. The molecule has 0 saturated carbocycles. The third kappa shape index (κ3) is 4.17. The van der Waals surface area contributed by atoms with E-state index in [0.29, 0.717) is 0 Å². The molecule has 0 unspecified atom stereocenters. The molecule has 0 aliphatic heterocycles. The Balaban J connectivity index is 2.27. The topological polar surface area (TPSA) is 12.9 Å². The molecule has 0 bridgehead atoms. The van der Waals surface area contributed by atoms with Crippen molar-refractivity contribution in [2.75, 3.05) is 0 Å². The van der Waals surface area contributed by atoms with E-state index in [1.54, 1.807) is 0 Å². The number of aryl methyl sites for hydroxylation is 2. The summed E-state index contributed by atoms with van der Waals surface area (Å²) in [5.74, 6) is 0. The molecule has 21 heavy (non-hydrogen) atoms. The Kier molecular flexibility index (Phi) is 5.98. The minimum Gasteiger partial charge on any atom is -0.253 e. The van der Waals surface area contributed by atoms with Gasteiger partial charge in [-0.3, -0.25) is 4.98 Å². The fourth-order valence-electron chi connectivity index (χ4n) is 2.91. The first-order valence-electron chi connectivity index (χ1n) is 8.31. The Morgan fingerprint density at radius 3 is 2.38 bits per heavy atom. The van der Waals surface area contributed by atoms with Crippen molar-refractivity contribution in [3.05, 3.63) is 53.2 Å². The second-order valence-electron chi connectivity index (χ2n) is 5.79. The average Bonchev–Trinajstić information content (AvgIpc) is 2.52. The highest BCUT2D eigenvalue weighted by atomic mass is 14.7. The summed E-state index contributed by atoms with van der Waals surface area (Å²) in [5, 5.41) is 0. The van der Waals surface area contributed by atoms with Gasteiger partial charge < -0.3 is 0 Å². The van der Waals surface area contributed by atoms with Crippen LogP contribution in [0.2, 0.25) is 0 Å². The monoisotopic (exact) mass is 281 g/mol. The molecule has 0 N–H and O–H groups in total. The Morgan fingerprint density at radius 2 is 1.71 bits per heavy atom. The lowest BCUT2D eigenvalue weighted by Gasteiger charge is -2.13. The van der Waals surface area contributed by atoms with Gasteiger partial charge in [-0.05, 0) is 43.4 Å². The predicted octanol–water partition coefficient (Wildman–Crippen LogP) is 5.74. The molecule has 1 nitrogen and oxygen atoms in total. The van der Waals surface area contributed by atoms with Gasteiger partial charge in [0.15, 0.2) is 0 Å². The summed E-state index contributed by atoms with van der Waals surface area (Å²) in [7, 11) is 0. The van der Waals surface area contributed by atoms with Crippen molar-refractivity contribution in [3.63, 3.8) is 0 Å². The molecule has 1 heterocycles. The number of hydrogen-bond acceptors (Lipinski definition) is 1. The zero-order chi connectivity index (χ0) is 15.1. The van der Waals surface area contributed by atoms with E-state index in [0.717, 1.165) is 12.8 Å². The number of aromatic nitrogens is 1. The Labute approximate surface area is 129 Å². The molecular weight excluding hydrogens is 254 g/mol. The maximum atomic E-state index is 4.97. The van der Waals surface area contributed by atoms with Crippen LogP contribution in [-0.2, 0) is 12.8 Å².